The predicted molar refractivity (Wildman–Crippen MR) is 84.8 cm³/mol. The van der Waals surface area contributed by atoms with Crippen LogP contribution in [0.3, 0.4) is 0 Å². The van der Waals surface area contributed by atoms with Crippen LogP contribution in [-0.2, 0) is 21.6 Å². The molecule has 0 radical (unpaired) electrons. The van der Waals surface area contributed by atoms with Gasteiger partial charge in [0.25, 0.3) is 0 Å². The summed E-state index contributed by atoms with van der Waals surface area (Å²) in [6.07, 6.45) is 0.622. The highest BCUT2D eigenvalue weighted by Crippen LogP contribution is 2.30. The molecule has 1 atom stereocenters. The highest BCUT2D eigenvalue weighted by molar-refractivity contribution is 5.87. The Morgan fingerprint density at radius 1 is 1.05 bits per heavy atom. The first-order chi connectivity index (χ1) is 10.0. The second-order valence-electron chi connectivity index (χ2n) is 5.43. The Morgan fingerprint density at radius 2 is 1.57 bits per heavy atom. The quantitative estimate of drug-likeness (QED) is 0.604. The summed E-state index contributed by atoms with van der Waals surface area (Å²) in [5, 5.41) is 0. The zero-order valence-corrected chi connectivity index (χ0v) is 12.5. The molecule has 2 aromatic rings. The Labute approximate surface area is 126 Å². The van der Waals surface area contributed by atoms with E-state index in [2.05, 4.69) is 6.58 Å². The molecule has 0 aliphatic carbocycles. The fourth-order valence-electron chi connectivity index (χ4n) is 2.26. The van der Waals surface area contributed by atoms with Crippen molar-refractivity contribution < 1.29 is 9.53 Å². The Bertz CT molecular complexity index is 617. The molecule has 0 heterocycles. The van der Waals surface area contributed by atoms with Crippen LogP contribution in [0.25, 0.3) is 0 Å². The maximum absolute atomic E-state index is 12.0. The first-order valence-electron chi connectivity index (χ1n) is 6.99. The highest BCUT2D eigenvalue weighted by Gasteiger charge is 2.31. The molecule has 0 fully saturated rings. The van der Waals surface area contributed by atoms with E-state index in [-0.39, 0.29) is 5.97 Å². The van der Waals surface area contributed by atoms with E-state index in [1.165, 1.54) is 0 Å². The Morgan fingerprint density at radius 3 is 2.10 bits per heavy atom. The fraction of sp³-hybridized carbons (Fsp3) is 0.211. The van der Waals surface area contributed by atoms with Crippen LogP contribution in [0.2, 0.25) is 0 Å². The van der Waals surface area contributed by atoms with Crippen LogP contribution in [0.1, 0.15) is 25.0 Å². The van der Waals surface area contributed by atoms with Crippen molar-refractivity contribution in [3.05, 3.63) is 83.9 Å². The molecule has 0 bridgehead atoms. The molecule has 2 heteroatoms. The third kappa shape index (κ3) is 3.82. The summed E-state index contributed by atoms with van der Waals surface area (Å²) in [6.45, 7) is 7.27. The molecule has 0 saturated carbocycles. The van der Waals surface area contributed by atoms with E-state index in [0.717, 1.165) is 11.1 Å². The number of ether oxygens (including phenoxy) is 1. The molecular formula is C19H20O2. The predicted octanol–water partition coefficient (Wildman–Crippen LogP) is 4.26. The number of esters is 1. The lowest BCUT2D eigenvalue weighted by Crippen LogP contribution is -2.32. The fourth-order valence-corrected chi connectivity index (χ4v) is 2.26. The first kappa shape index (κ1) is 15.0. The van der Waals surface area contributed by atoms with E-state index in [1.54, 1.807) is 6.92 Å². The van der Waals surface area contributed by atoms with Crippen LogP contribution in [0, 0.1) is 0 Å². The number of benzene rings is 2. The molecule has 2 rings (SSSR count). The molecule has 0 spiro atoms. The maximum Gasteiger partial charge on any atom is 0.333 e. The van der Waals surface area contributed by atoms with Gasteiger partial charge in [-0.05, 0) is 25.0 Å². The lowest BCUT2D eigenvalue weighted by Gasteiger charge is -2.30. The minimum atomic E-state index is -0.710. The Hall–Kier alpha value is -2.35. The molecule has 0 amide bonds. The standard InChI is InChI=1S/C19H20O2/c1-15(2)18(20)21-19(3,17-12-8-5-9-13-17)14-16-10-6-4-7-11-16/h4-13H,1,14H2,2-3H3. The lowest BCUT2D eigenvalue weighted by molar-refractivity contribution is -0.154. The molecule has 108 valence electrons. The summed E-state index contributed by atoms with van der Waals surface area (Å²) in [7, 11) is 0. The molecule has 0 aliphatic heterocycles. The van der Waals surface area contributed by atoms with Gasteiger partial charge in [-0.3, -0.25) is 0 Å². The van der Waals surface area contributed by atoms with Gasteiger partial charge < -0.3 is 4.74 Å². The van der Waals surface area contributed by atoms with Gasteiger partial charge in [-0.2, -0.15) is 0 Å². The maximum atomic E-state index is 12.0. The van der Waals surface area contributed by atoms with E-state index >= 15 is 0 Å². The lowest BCUT2D eigenvalue weighted by atomic mass is 9.88. The Balaban J connectivity index is 2.34. The van der Waals surface area contributed by atoms with E-state index in [0.29, 0.717) is 12.0 Å². The van der Waals surface area contributed by atoms with Crippen molar-refractivity contribution >= 4 is 5.97 Å². The van der Waals surface area contributed by atoms with Gasteiger partial charge in [0.15, 0.2) is 0 Å². The minimum Gasteiger partial charge on any atom is -0.451 e. The molecule has 1 unspecified atom stereocenters. The van der Waals surface area contributed by atoms with Gasteiger partial charge in [0, 0.05) is 12.0 Å². The summed E-state index contributed by atoms with van der Waals surface area (Å²) in [5.74, 6) is -0.364. The van der Waals surface area contributed by atoms with Crippen molar-refractivity contribution in [2.75, 3.05) is 0 Å². The molecule has 2 nitrogen and oxygen atoms in total. The topological polar surface area (TPSA) is 26.3 Å². The van der Waals surface area contributed by atoms with Gasteiger partial charge in [0.05, 0.1) is 0 Å². The third-order valence-electron chi connectivity index (χ3n) is 3.44. The molecule has 0 aliphatic rings. The number of hydrogen-bond acceptors (Lipinski definition) is 2. The summed E-state index contributed by atoms with van der Waals surface area (Å²) in [6, 6.07) is 19.8. The number of hydrogen-bond donors (Lipinski definition) is 0. The number of carbonyl (C=O) groups is 1. The van der Waals surface area contributed by atoms with Crippen molar-refractivity contribution in [2.45, 2.75) is 25.9 Å². The largest absolute Gasteiger partial charge is 0.451 e. The summed E-state index contributed by atoms with van der Waals surface area (Å²) < 4.78 is 5.75. The van der Waals surface area contributed by atoms with Gasteiger partial charge in [-0.1, -0.05) is 67.2 Å². The van der Waals surface area contributed by atoms with Gasteiger partial charge in [0.2, 0.25) is 0 Å². The molecule has 0 saturated heterocycles. The van der Waals surface area contributed by atoms with Gasteiger partial charge in [-0.25, -0.2) is 4.79 Å². The van der Waals surface area contributed by atoms with Crippen molar-refractivity contribution in [3.63, 3.8) is 0 Å². The average Bonchev–Trinajstić information content (AvgIpc) is 2.49. The number of carbonyl (C=O) groups excluding carboxylic acids is 1. The van der Waals surface area contributed by atoms with Crippen LogP contribution in [0.4, 0.5) is 0 Å². The molecular weight excluding hydrogens is 260 g/mol. The zero-order chi connectivity index (χ0) is 15.3. The molecule has 21 heavy (non-hydrogen) atoms. The van der Waals surface area contributed by atoms with Crippen LogP contribution >= 0.6 is 0 Å². The third-order valence-corrected chi connectivity index (χ3v) is 3.44. The van der Waals surface area contributed by atoms with Gasteiger partial charge in [0.1, 0.15) is 5.60 Å². The first-order valence-corrected chi connectivity index (χ1v) is 6.99. The summed E-state index contributed by atoms with van der Waals surface area (Å²) >= 11 is 0. The average molecular weight is 280 g/mol. The second-order valence-corrected chi connectivity index (χ2v) is 5.43. The van der Waals surface area contributed by atoms with Crippen LogP contribution in [0.15, 0.2) is 72.8 Å². The molecule has 0 N–H and O–H groups in total. The summed E-state index contributed by atoms with van der Waals surface area (Å²) in [4.78, 5) is 12.0. The van der Waals surface area contributed by atoms with E-state index in [1.807, 2.05) is 67.6 Å². The zero-order valence-electron chi connectivity index (χ0n) is 12.5. The monoisotopic (exact) mass is 280 g/mol. The molecule has 0 aromatic heterocycles. The van der Waals surface area contributed by atoms with Crippen molar-refractivity contribution in [1.29, 1.82) is 0 Å². The number of rotatable bonds is 5. The van der Waals surface area contributed by atoms with Crippen LogP contribution < -0.4 is 0 Å². The normalized spacial score (nSPS) is 13.2. The summed E-state index contributed by atoms with van der Waals surface area (Å²) in [5.41, 5.74) is 1.80. The smallest absolute Gasteiger partial charge is 0.333 e. The van der Waals surface area contributed by atoms with Gasteiger partial charge in [-0.15, -0.1) is 0 Å². The van der Waals surface area contributed by atoms with Gasteiger partial charge >= 0.3 is 5.97 Å². The van der Waals surface area contributed by atoms with E-state index < -0.39 is 5.60 Å². The van der Waals surface area contributed by atoms with Crippen molar-refractivity contribution in [3.8, 4) is 0 Å². The highest BCUT2D eigenvalue weighted by atomic mass is 16.6. The minimum absolute atomic E-state index is 0.364. The van der Waals surface area contributed by atoms with E-state index in [9.17, 15) is 4.79 Å². The van der Waals surface area contributed by atoms with E-state index in [4.69, 9.17) is 4.74 Å². The van der Waals surface area contributed by atoms with Crippen molar-refractivity contribution in [1.82, 2.24) is 0 Å². The van der Waals surface area contributed by atoms with Crippen LogP contribution in [-0.4, -0.2) is 5.97 Å². The second kappa shape index (κ2) is 6.40. The molecule has 2 aromatic carbocycles. The SMILES string of the molecule is C=C(C)C(=O)OC(C)(Cc1ccccc1)c1ccccc1. The Kier molecular flexibility index (Phi) is 4.59. The van der Waals surface area contributed by atoms with Crippen LogP contribution in [0.5, 0.6) is 0 Å². The van der Waals surface area contributed by atoms with Crippen molar-refractivity contribution in [2.24, 2.45) is 0 Å².